The van der Waals surface area contributed by atoms with Crippen LogP contribution in [0, 0.1) is 11.8 Å². The zero-order chi connectivity index (χ0) is 10.6. The zero-order valence-corrected chi connectivity index (χ0v) is 9.46. The summed E-state index contributed by atoms with van der Waals surface area (Å²) in [5.41, 5.74) is 5.72. The first-order chi connectivity index (χ1) is 6.61. The van der Waals surface area contributed by atoms with Gasteiger partial charge in [-0.3, -0.25) is 4.79 Å². The second-order valence-electron chi connectivity index (χ2n) is 4.82. The second kappa shape index (κ2) is 5.50. The van der Waals surface area contributed by atoms with E-state index < -0.39 is 0 Å². The van der Waals surface area contributed by atoms with Crippen LogP contribution >= 0.6 is 0 Å². The summed E-state index contributed by atoms with van der Waals surface area (Å²) in [5.74, 6) is 1.06. The normalized spacial score (nSPS) is 23.1. The Labute approximate surface area is 87.2 Å². The summed E-state index contributed by atoms with van der Waals surface area (Å²) in [6.07, 6.45) is 7.24. The third-order valence-corrected chi connectivity index (χ3v) is 3.51. The average Bonchev–Trinajstić information content (AvgIpc) is 2.18. The number of rotatable bonds is 4. The highest BCUT2D eigenvalue weighted by Crippen LogP contribution is 2.27. The van der Waals surface area contributed by atoms with Crippen LogP contribution in [0.5, 0.6) is 0 Å². The van der Waals surface area contributed by atoms with Crippen LogP contribution in [0.3, 0.4) is 0 Å². The molecule has 1 fully saturated rings. The molecule has 1 aliphatic rings. The maximum absolute atomic E-state index is 11.8. The molecule has 0 aliphatic heterocycles. The summed E-state index contributed by atoms with van der Waals surface area (Å²) in [7, 11) is 0. The molecular weight excluding hydrogens is 174 g/mol. The third-order valence-electron chi connectivity index (χ3n) is 3.51. The van der Waals surface area contributed by atoms with E-state index in [0.717, 1.165) is 6.42 Å². The van der Waals surface area contributed by atoms with Gasteiger partial charge >= 0.3 is 0 Å². The molecule has 2 heteroatoms. The molecule has 2 atom stereocenters. The van der Waals surface area contributed by atoms with Crippen molar-refractivity contribution in [2.24, 2.45) is 17.6 Å². The number of hydrogen-bond acceptors (Lipinski definition) is 2. The van der Waals surface area contributed by atoms with Gasteiger partial charge in [0.2, 0.25) is 0 Å². The number of ketones is 1. The number of nitrogens with two attached hydrogens (primary N) is 1. The van der Waals surface area contributed by atoms with Crippen LogP contribution in [0.4, 0.5) is 0 Å². The molecule has 82 valence electrons. The fourth-order valence-electron chi connectivity index (χ4n) is 2.15. The van der Waals surface area contributed by atoms with E-state index in [1.165, 1.54) is 32.1 Å². The minimum atomic E-state index is 0.00564. The van der Waals surface area contributed by atoms with Crippen molar-refractivity contribution < 1.29 is 4.79 Å². The first-order valence-corrected chi connectivity index (χ1v) is 5.89. The molecule has 0 bridgehead atoms. The van der Waals surface area contributed by atoms with E-state index in [4.69, 9.17) is 5.73 Å². The van der Waals surface area contributed by atoms with Gasteiger partial charge in [0.25, 0.3) is 0 Å². The van der Waals surface area contributed by atoms with Crippen molar-refractivity contribution in [1.29, 1.82) is 0 Å². The van der Waals surface area contributed by atoms with E-state index >= 15 is 0 Å². The van der Waals surface area contributed by atoms with Crippen molar-refractivity contribution in [2.75, 3.05) is 0 Å². The summed E-state index contributed by atoms with van der Waals surface area (Å²) < 4.78 is 0. The molecule has 0 aromatic carbocycles. The number of hydrogen-bond donors (Lipinski definition) is 1. The molecule has 0 spiro atoms. The zero-order valence-electron chi connectivity index (χ0n) is 9.46. The lowest BCUT2D eigenvalue weighted by Crippen LogP contribution is -2.31. The van der Waals surface area contributed by atoms with E-state index in [9.17, 15) is 4.79 Å². The molecule has 2 nitrogen and oxygen atoms in total. The van der Waals surface area contributed by atoms with Crippen molar-refractivity contribution in [1.82, 2.24) is 0 Å². The Hall–Kier alpha value is -0.370. The minimum absolute atomic E-state index is 0.00564. The predicted octanol–water partition coefficient (Wildman–Crippen LogP) is 2.51. The Morgan fingerprint density at radius 2 is 1.86 bits per heavy atom. The average molecular weight is 197 g/mol. The van der Waals surface area contributed by atoms with Gasteiger partial charge in [0.05, 0.1) is 0 Å². The van der Waals surface area contributed by atoms with Crippen LogP contribution in [0.15, 0.2) is 0 Å². The second-order valence-corrected chi connectivity index (χ2v) is 4.82. The Morgan fingerprint density at radius 3 is 2.36 bits per heavy atom. The summed E-state index contributed by atoms with van der Waals surface area (Å²) in [5, 5.41) is 0. The van der Waals surface area contributed by atoms with Crippen molar-refractivity contribution in [2.45, 2.75) is 58.4 Å². The topological polar surface area (TPSA) is 43.1 Å². The van der Waals surface area contributed by atoms with E-state index in [1.54, 1.807) is 0 Å². The maximum atomic E-state index is 11.8. The summed E-state index contributed by atoms with van der Waals surface area (Å²) in [4.78, 5) is 11.8. The molecule has 0 aromatic rings. The van der Waals surface area contributed by atoms with Crippen LogP contribution in [0.2, 0.25) is 0 Å². The van der Waals surface area contributed by atoms with Gasteiger partial charge in [-0.15, -0.1) is 0 Å². The first-order valence-electron chi connectivity index (χ1n) is 5.89. The fourth-order valence-corrected chi connectivity index (χ4v) is 2.15. The van der Waals surface area contributed by atoms with Gasteiger partial charge in [0, 0.05) is 18.4 Å². The molecule has 2 N–H and O–H groups in total. The van der Waals surface area contributed by atoms with E-state index in [0.29, 0.717) is 11.7 Å². The quantitative estimate of drug-likeness (QED) is 0.752. The molecule has 2 unspecified atom stereocenters. The Balaban J connectivity index is 2.31. The minimum Gasteiger partial charge on any atom is -0.327 e. The molecule has 0 aromatic heterocycles. The van der Waals surface area contributed by atoms with Crippen molar-refractivity contribution in [3.05, 3.63) is 0 Å². The fraction of sp³-hybridized carbons (Fsp3) is 0.917. The van der Waals surface area contributed by atoms with Crippen molar-refractivity contribution in [3.63, 3.8) is 0 Å². The van der Waals surface area contributed by atoms with Gasteiger partial charge in [0.15, 0.2) is 0 Å². The summed E-state index contributed by atoms with van der Waals surface area (Å²) >= 11 is 0. The Bertz CT molecular complexity index is 183. The highest BCUT2D eigenvalue weighted by atomic mass is 16.1. The monoisotopic (exact) mass is 197 g/mol. The number of Topliss-reactive ketones (excluding diaryl/α,β-unsaturated/α-hetero) is 1. The predicted molar refractivity (Wildman–Crippen MR) is 59.0 cm³/mol. The van der Waals surface area contributed by atoms with Crippen molar-refractivity contribution in [3.8, 4) is 0 Å². The SMILES string of the molecule is CC(N)C(C)C(=O)CC1CCCCC1. The molecule has 0 saturated heterocycles. The number of carbonyl (C=O) groups excluding carboxylic acids is 1. The van der Waals surface area contributed by atoms with E-state index in [2.05, 4.69) is 0 Å². The van der Waals surface area contributed by atoms with Gasteiger partial charge in [-0.05, 0) is 12.8 Å². The molecule has 0 heterocycles. The van der Waals surface area contributed by atoms with Crippen molar-refractivity contribution >= 4 is 5.78 Å². The van der Waals surface area contributed by atoms with Crippen LogP contribution in [0.25, 0.3) is 0 Å². The smallest absolute Gasteiger partial charge is 0.137 e. The third kappa shape index (κ3) is 3.41. The maximum Gasteiger partial charge on any atom is 0.137 e. The van der Waals surface area contributed by atoms with Gasteiger partial charge in [-0.2, -0.15) is 0 Å². The molecule has 0 amide bonds. The lowest BCUT2D eigenvalue weighted by atomic mass is 9.83. The summed E-state index contributed by atoms with van der Waals surface area (Å²) in [6, 6.07) is 0.00564. The standard InChI is InChI=1S/C12H23NO/c1-9(10(2)13)12(14)8-11-6-4-3-5-7-11/h9-11H,3-8,13H2,1-2H3. The first kappa shape index (κ1) is 11.7. The highest BCUT2D eigenvalue weighted by Gasteiger charge is 2.22. The highest BCUT2D eigenvalue weighted by molar-refractivity contribution is 5.81. The lowest BCUT2D eigenvalue weighted by molar-refractivity contribution is -0.124. The van der Waals surface area contributed by atoms with Crippen LogP contribution in [-0.2, 0) is 4.79 Å². The summed E-state index contributed by atoms with van der Waals surface area (Å²) in [6.45, 7) is 3.87. The van der Waals surface area contributed by atoms with Crippen LogP contribution in [0.1, 0.15) is 52.4 Å². The largest absolute Gasteiger partial charge is 0.327 e. The van der Waals surface area contributed by atoms with Gasteiger partial charge in [0.1, 0.15) is 5.78 Å². The molecular formula is C12H23NO. The number of carbonyl (C=O) groups is 1. The molecule has 1 aliphatic carbocycles. The Kier molecular flexibility index (Phi) is 4.59. The molecule has 14 heavy (non-hydrogen) atoms. The molecule has 1 rings (SSSR count). The molecule has 1 saturated carbocycles. The van der Waals surface area contributed by atoms with Crippen LogP contribution in [-0.4, -0.2) is 11.8 Å². The lowest BCUT2D eigenvalue weighted by Gasteiger charge is -2.23. The Morgan fingerprint density at radius 1 is 1.29 bits per heavy atom. The van der Waals surface area contributed by atoms with Gasteiger partial charge in [-0.25, -0.2) is 0 Å². The van der Waals surface area contributed by atoms with Gasteiger partial charge < -0.3 is 5.73 Å². The van der Waals surface area contributed by atoms with E-state index in [-0.39, 0.29) is 12.0 Å². The van der Waals surface area contributed by atoms with E-state index in [1.807, 2.05) is 13.8 Å². The molecule has 0 radical (unpaired) electrons. The van der Waals surface area contributed by atoms with Crippen LogP contribution < -0.4 is 5.73 Å². The van der Waals surface area contributed by atoms with Gasteiger partial charge in [-0.1, -0.05) is 39.0 Å².